The van der Waals surface area contributed by atoms with Gasteiger partial charge >= 0.3 is 17.9 Å². The molecular weight excluding hydrogens is 224 g/mol. The number of hydrogen-bond donors (Lipinski definition) is 1. The molecule has 5 heteroatoms. The zero-order valence-electron chi connectivity index (χ0n) is 10.0. The molecule has 0 aromatic carbocycles. The van der Waals surface area contributed by atoms with Gasteiger partial charge in [-0.3, -0.25) is 0 Å². The lowest BCUT2D eigenvalue weighted by Crippen LogP contribution is -2.06. The van der Waals surface area contributed by atoms with Crippen molar-refractivity contribution >= 4 is 17.9 Å². The summed E-state index contributed by atoms with van der Waals surface area (Å²) < 4.78 is 4.28. The van der Waals surface area contributed by atoms with Crippen LogP contribution in [0.4, 0.5) is 0 Å². The molecule has 0 unspecified atom stereocenters. The average Bonchev–Trinajstić information content (AvgIpc) is 2.18. The number of allylic oxidation sites excluding steroid dienone is 3. The molecule has 1 N–H and O–H groups in total. The Hall–Kier alpha value is -2.17. The molecule has 0 aliphatic rings. The first-order valence-electron chi connectivity index (χ1n) is 4.84. The van der Waals surface area contributed by atoms with Crippen molar-refractivity contribution < 1.29 is 24.2 Å². The largest absolute Gasteiger partial charge is 0.478 e. The fourth-order valence-corrected chi connectivity index (χ4v) is 0.582. The number of aliphatic carboxylic acids is 1. The first kappa shape index (κ1) is 17.2. The normalized spacial score (nSPS) is 10.3. The first-order valence-corrected chi connectivity index (χ1v) is 4.84. The van der Waals surface area contributed by atoms with E-state index >= 15 is 0 Å². The molecule has 0 bridgehead atoms. The molecule has 17 heavy (non-hydrogen) atoms. The Morgan fingerprint density at radius 1 is 0.824 bits per heavy atom. The van der Waals surface area contributed by atoms with Crippen molar-refractivity contribution in [3.05, 3.63) is 36.5 Å². The summed E-state index contributed by atoms with van der Waals surface area (Å²) in [5, 5.41) is 7.83. The number of rotatable bonds is 3. The number of esters is 2. The highest BCUT2D eigenvalue weighted by atomic mass is 16.6. The maximum absolute atomic E-state index is 10.6. The summed E-state index contributed by atoms with van der Waals surface area (Å²) in [6.07, 6.45) is 7.93. The molecule has 5 nitrogen and oxygen atoms in total. The Balaban J connectivity index is 0. The molecule has 0 amide bonds. The number of carbonyl (C=O) groups is 3. The summed E-state index contributed by atoms with van der Waals surface area (Å²) in [6, 6.07) is 0. The third kappa shape index (κ3) is 16.5. The molecule has 0 heterocycles. The number of carboxylic acids is 1. The van der Waals surface area contributed by atoms with Gasteiger partial charge in [-0.1, -0.05) is 18.2 Å². The van der Waals surface area contributed by atoms with Gasteiger partial charge in [0, 0.05) is 18.2 Å². The Morgan fingerprint density at radius 3 is 1.35 bits per heavy atom. The Morgan fingerprint density at radius 2 is 1.18 bits per heavy atom. The van der Waals surface area contributed by atoms with Crippen LogP contribution in [0.15, 0.2) is 36.5 Å². The topological polar surface area (TPSA) is 80.7 Å². The summed E-state index contributed by atoms with van der Waals surface area (Å²) in [5.74, 6) is -2.18. The van der Waals surface area contributed by atoms with Crippen molar-refractivity contribution in [2.75, 3.05) is 0 Å². The zero-order valence-corrected chi connectivity index (χ0v) is 10.0. The van der Waals surface area contributed by atoms with Crippen LogP contribution in [0.2, 0.25) is 0 Å². The van der Waals surface area contributed by atoms with E-state index < -0.39 is 17.9 Å². The van der Waals surface area contributed by atoms with E-state index in [4.69, 9.17) is 5.11 Å². The second kappa shape index (κ2) is 11.9. The number of carboxylic acid groups (broad SMARTS) is 1. The SMILES string of the molecule is CC=CC(=O)O.CC=CC(=O)OC(=O)C=CC. The van der Waals surface area contributed by atoms with Crippen molar-refractivity contribution in [2.24, 2.45) is 0 Å². The number of carbonyl (C=O) groups excluding carboxylic acids is 2. The lowest BCUT2D eigenvalue weighted by atomic mass is 10.5. The van der Waals surface area contributed by atoms with Gasteiger partial charge < -0.3 is 9.84 Å². The van der Waals surface area contributed by atoms with Crippen LogP contribution in [0.1, 0.15) is 20.8 Å². The maximum Gasteiger partial charge on any atom is 0.338 e. The Bertz CT molecular complexity index is 315. The van der Waals surface area contributed by atoms with Gasteiger partial charge in [0.1, 0.15) is 0 Å². The molecule has 0 saturated carbocycles. The number of ether oxygens (including phenoxy) is 1. The van der Waals surface area contributed by atoms with Crippen molar-refractivity contribution in [2.45, 2.75) is 20.8 Å². The minimum absolute atomic E-state index is 0.643. The molecule has 0 aromatic rings. The molecule has 0 radical (unpaired) electrons. The van der Waals surface area contributed by atoms with Gasteiger partial charge in [0.05, 0.1) is 0 Å². The van der Waals surface area contributed by atoms with E-state index in [0.717, 1.165) is 6.08 Å². The molecule has 0 atom stereocenters. The third-order valence-electron chi connectivity index (χ3n) is 1.12. The van der Waals surface area contributed by atoms with Gasteiger partial charge in [0.25, 0.3) is 0 Å². The van der Waals surface area contributed by atoms with Gasteiger partial charge in [-0.05, 0) is 20.8 Å². The molecule has 0 fully saturated rings. The van der Waals surface area contributed by atoms with Gasteiger partial charge in [-0.2, -0.15) is 0 Å². The van der Waals surface area contributed by atoms with Crippen LogP contribution in [0.25, 0.3) is 0 Å². The van der Waals surface area contributed by atoms with Crippen LogP contribution in [0.5, 0.6) is 0 Å². The highest BCUT2D eigenvalue weighted by Gasteiger charge is 2.00. The van der Waals surface area contributed by atoms with Crippen LogP contribution in [-0.4, -0.2) is 23.0 Å². The van der Waals surface area contributed by atoms with Crippen molar-refractivity contribution in [3.8, 4) is 0 Å². The van der Waals surface area contributed by atoms with E-state index in [0.29, 0.717) is 0 Å². The zero-order chi connectivity index (χ0) is 13.7. The van der Waals surface area contributed by atoms with Gasteiger partial charge in [-0.15, -0.1) is 0 Å². The molecule has 0 aliphatic carbocycles. The van der Waals surface area contributed by atoms with E-state index in [1.54, 1.807) is 20.8 Å². The van der Waals surface area contributed by atoms with Crippen LogP contribution in [0, 0.1) is 0 Å². The van der Waals surface area contributed by atoms with Crippen LogP contribution >= 0.6 is 0 Å². The Labute approximate surface area is 100 Å². The molecular formula is C12H16O5. The van der Waals surface area contributed by atoms with E-state index in [2.05, 4.69) is 4.74 Å². The van der Waals surface area contributed by atoms with E-state index in [1.807, 2.05) is 0 Å². The summed E-state index contributed by atoms with van der Waals surface area (Å²) in [4.78, 5) is 30.6. The van der Waals surface area contributed by atoms with Crippen molar-refractivity contribution in [1.29, 1.82) is 0 Å². The van der Waals surface area contributed by atoms with E-state index in [9.17, 15) is 14.4 Å². The smallest absolute Gasteiger partial charge is 0.338 e. The molecule has 0 saturated heterocycles. The molecule has 0 aromatic heterocycles. The third-order valence-corrected chi connectivity index (χ3v) is 1.12. The molecule has 0 rings (SSSR count). The molecule has 94 valence electrons. The second-order valence-electron chi connectivity index (χ2n) is 2.58. The number of hydrogen-bond acceptors (Lipinski definition) is 4. The summed E-state index contributed by atoms with van der Waals surface area (Å²) in [5.41, 5.74) is 0. The lowest BCUT2D eigenvalue weighted by Gasteiger charge is -1.91. The van der Waals surface area contributed by atoms with Crippen molar-refractivity contribution in [3.63, 3.8) is 0 Å². The van der Waals surface area contributed by atoms with Crippen molar-refractivity contribution in [1.82, 2.24) is 0 Å². The second-order valence-corrected chi connectivity index (χ2v) is 2.58. The van der Waals surface area contributed by atoms with Crippen LogP contribution in [0.3, 0.4) is 0 Å². The average molecular weight is 240 g/mol. The van der Waals surface area contributed by atoms with Crippen LogP contribution < -0.4 is 0 Å². The first-order chi connectivity index (χ1) is 7.97. The predicted octanol–water partition coefficient (Wildman–Crippen LogP) is 1.86. The van der Waals surface area contributed by atoms with E-state index in [-0.39, 0.29) is 0 Å². The predicted molar refractivity (Wildman–Crippen MR) is 63.2 cm³/mol. The molecule has 0 spiro atoms. The lowest BCUT2D eigenvalue weighted by molar-refractivity contribution is -0.152. The monoisotopic (exact) mass is 240 g/mol. The fourth-order valence-electron chi connectivity index (χ4n) is 0.582. The molecule has 0 aliphatic heterocycles. The van der Waals surface area contributed by atoms with Gasteiger partial charge in [-0.25, -0.2) is 14.4 Å². The standard InChI is InChI=1S/C8H10O3.C4H6O2/c1-3-5-7(9)11-8(10)6-4-2;1-2-3-4(5)6/h3-6H,1-2H3;2-3H,1H3,(H,5,6). The fraction of sp³-hybridized carbons (Fsp3) is 0.250. The van der Waals surface area contributed by atoms with E-state index in [1.165, 1.54) is 30.4 Å². The minimum atomic E-state index is -0.891. The minimum Gasteiger partial charge on any atom is -0.478 e. The maximum atomic E-state index is 10.6. The Kier molecular flexibility index (Phi) is 12.1. The van der Waals surface area contributed by atoms with Gasteiger partial charge in [0.15, 0.2) is 0 Å². The summed E-state index contributed by atoms with van der Waals surface area (Å²) >= 11 is 0. The highest BCUT2D eigenvalue weighted by Crippen LogP contribution is 1.84. The quantitative estimate of drug-likeness (QED) is 0.462. The summed E-state index contributed by atoms with van der Waals surface area (Å²) in [7, 11) is 0. The summed E-state index contributed by atoms with van der Waals surface area (Å²) in [6.45, 7) is 5.00. The van der Waals surface area contributed by atoms with Crippen LogP contribution in [-0.2, 0) is 19.1 Å². The highest BCUT2D eigenvalue weighted by molar-refractivity contribution is 5.96. The van der Waals surface area contributed by atoms with Gasteiger partial charge in [0.2, 0.25) is 0 Å².